The van der Waals surface area contributed by atoms with Gasteiger partial charge in [-0.25, -0.2) is 9.97 Å². The standard InChI is InChI=1S/C35H38N8O5S/c1-20(2)14-23-16-43(35(47)30-24-12-8-9-13-28(24)42(4)41-30)17-29(44)38-25(15-22-10-6-5-7-11-22)34-40-27(19-49-34)32(46)36-21(3)33-39-26(18-48-33)31(45)37-23/h5-13,18-21,23,25H,14-17H2,1-4H3,(H,36,46)(H,37,45)(H,38,44)/t21-,23-,25-/m1/s1. The summed E-state index contributed by atoms with van der Waals surface area (Å²) in [5, 5.41) is 16.2. The molecule has 0 unspecified atom stereocenters. The van der Waals surface area contributed by atoms with Gasteiger partial charge < -0.3 is 25.3 Å². The fourth-order valence-corrected chi connectivity index (χ4v) is 6.80. The Kier molecular flexibility index (Phi) is 9.85. The van der Waals surface area contributed by atoms with E-state index in [1.807, 2.05) is 68.4 Å². The van der Waals surface area contributed by atoms with Crippen LogP contribution in [0.25, 0.3) is 10.9 Å². The number of nitrogens with one attached hydrogen (secondary N) is 3. The summed E-state index contributed by atoms with van der Waals surface area (Å²) in [6.45, 7) is 5.43. The second-order valence-electron chi connectivity index (χ2n) is 12.6. The number of hydrogen-bond donors (Lipinski definition) is 3. The molecule has 1 aliphatic rings. The van der Waals surface area contributed by atoms with E-state index in [1.165, 1.54) is 22.5 Å². The van der Waals surface area contributed by atoms with Gasteiger partial charge in [0.2, 0.25) is 11.8 Å². The zero-order valence-corrected chi connectivity index (χ0v) is 28.5. The fourth-order valence-electron chi connectivity index (χ4n) is 5.95. The lowest BCUT2D eigenvalue weighted by Crippen LogP contribution is -2.50. The van der Waals surface area contributed by atoms with E-state index in [4.69, 9.17) is 4.42 Å². The first-order chi connectivity index (χ1) is 23.5. The van der Waals surface area contributed by atoms with Crippen LogP contribution in [-0.4, -0.2) is 67.4 Å². The van der Waals surface area contributed by atoms with Crippen LogP contribution in [0.4, 0.5) is 0 Å². The number of oxazole rings is 1. The second kappa shape index (κ2) is 14.4. The van der Waals surface area contributed by atoms with Crippen LogP contribution in [0, 0.1) is 5.92 Å². The highest BCUT2D eigenvalue weighted by molar-refractivity contribution is 7.09. The Labute approximate surface area is 287 Å². The lowest BCUT2D eigenvalue weighted by Gasteiger charge is -2.29. The maximum absolute atomic E-state index is 14.3. The zero-order chi connectivity index (χ0) is 34.7. The van der Waals surface area contributed by atoms with E-state index in [2.05, 4.69) is 31.0 Å². The van der Waals surface area contributed by atoms with Crippen molar-refractivity contribution in [3.05, 3.63) is 99.8 Å². The molecule has 1 aliphatic heterocycles. The summed E-state index contributed by atoms with van der Waals surface area (Å²) in [6.07, 6.45) is 2.15. The Morgan fingerprint density at radius 3 is 2.49 bits per heavy atom. The van der Waals surface area contributed by atoms with Gasteiger partial charge in [-0.1, -0.05) is 62.4 Å². The molecule has 4 bridgehead atoms. The Balaban J connectivity index is 1.40. The number of aromatic nitrogens is 4. The van der Waals surface area contributed by atoms with Gasteiger partial charge in [-0.05, 0) is 37.3 Å². The first kappa shape index (κ1) is 33.5. The molecule has 14 heteroatoms. The van der Waals surface area contributed by atoms with Crippen LogP contribution in [0.15, 0.2) is 70.7 Å². The molecule has 3 aromatic heterocycles. The summed E-state index contributed by atoms with van der Waals surface area (Å²) in [6, 6.07) is 15.2. The van der Waals surface area contributed by atoms with Crippen molar-refractivity contribution in [3.8, 4) is 0 Å². The number of fused-ring (bicyclic) bond motifs is 5. The van der Waals surface area contributed by atoms with Crippen molar-refractivity contribution in [2.24, 2.45) is 13.0 Å². The Morgan fingerprint density at radius 1 is 0.980 bits per heavy atom. The van der Waals surface area contributed by atoms with Crippen molar-refractivity contribution < 1.29 is 23.6 Å². The third kappa shape index (κ3) is 7.70. The van der Waals surface area contributed by atoms with Crippen molar-refractivity contribution in [1.82, 2.24) is 40.6 Å². The number of para-hydroxylation sites is 1. The Hall–Kier alpha value is -5.37. The van der Waals surface area contributed by atoms with Crippen molar-refractivity contribution in [3.63, 3.8) is 0 Å². The number of hydrogen-bond acceptors (Lipinski definition) is 9. The maximum atomic E-state index is 14.3. The minimum absolute atomic E-state index is 0.0250. The summed E-state index contributed by atoms with van der Waals surface area (Å²) >= 11 is 1.25. The number of thiazole rings is 1. The molecule has 254 valence electrons. The normalized spacial score (nSPS) is 19.2. The summed E-state index contributed by atoms with van der Waals surface area (Å²) in [5.74, 6) is -1.55. The van der Waals surface area contributed by atoms with E-state index in [1.54, 1.807) is 24.0 Å². The quantitative estimate of drug-likeness (QED) is 0.248. The van der Waals surface area contributed by atoms with Crippen LogP contribution in [0.2, 0.25) is 0 Å². The molecule has 6 rings (SSSR count). The predicted octanol–water partition coefficient (Wildman–Crippen LogP) is 4.21. The van der Waals surface area contributed by atoms with Gasteiger partial charge in [-0.15, -0.1) is 11.3 Å². The number of aryl methyl sites for hydroxylation is 1. The smallest absolute Gasteiger partial charge is 0.275 e. The SMILES string of the molecule is CC(C)C[C@@H]1CN(C(=O)c2nn(C)c3ccccc23)CC(=O)N[C@H](Cc2ccccc2)c2nc(cs2)C(=O)N[C@H](C)c2nc(co2)C(=O)N1. The fraction of sp³-hybridized carbons (Fsp3) is 0.343. The minimum Gasteiger partial charge on any atom is -0.446 e. The average Bonchev–Trinajstić information content (AvgIpc) is 3.84. The van der Waals surface area contributed by atoms with Gasteiger partial charge in [0.25, 0.3) is 17.7 Å². The van der Waals surface area contributed by atoms with Crippen LogP contribution in [-0.2, 0) is 18.3 Å². The van der Waals surface area contributed by atoms with Crippen molar-refractivity contribution in [2.45, 2.75) is 51.7 Å². The van der Waals surface area contributed by atoms with Crippen molar-refractivity contribution >= 4 is 45.9 Å². The van der Waals surface area contributed by atoms with Crippen molar-refractivity contribution in [2.75, 3.05) is 13.1 Å². The van der Waals surface area contributed by atoms with Gasteiger partial charge in [0, 0.05) is 30.4 Å². The monoisotopic (exact) mass is 682 g/mol. The molecule has 3 N–H and O–H groups in total. The number of carbonyl (C=O) groups is 4. The first-order valence-corrected chi connectivity index (χ1v) is 17.0. The van der Waals surface area contributed by atoms with E-state index < -0.39 is 41.8 Å². The zero-order valence-electron chi connectivity index (χ0n) is 27.7. The van der Waals surface area contributed by atoms with Crippen LogP contribution < -0.4 is 16.0 Å². The van der Waals surface area contributed by atoms with Gasteiger partial charge in [0.1, 0.15) is 23.0 Å². The van der Waals surface area contributed by atoms with E-state index in [0.717, 1.165) is 11.1 Å². The van der Waals surface area contributed by atoms with Gasteiger partial charge in [-0.3, -0.25) is 23.9 Å². The average molecular weight is 683 g/mol. The highest BCUT2D eigenvalue weighted by Crippen LogP contribution is 2.25. The van der Waals surface area contributed by atoms with Gasteiger partial charge in [0.05, 0.1) is 18.1 Å². The predicted molar refractivity (Wildman–Crippen MR) is 183 cm³/mol. The Morgan fingerprint density at radius 2 is 1.71 bits per heavy atom. The molecular formula is C35H38N8O5S. The first-order valence-electron chi connectivity index (χ1n) is 16.1. The molecule has 13 nitrogen and oxygen atoms in total. The molecule has 3 atom stereocenters. The molecule has 0 saturated carbocycles. The topological polar surface area (TPSA) is 164 Å². The van der Waals surface area contributed by atoms with Crippen LogP contribution in [0.5, 0.6) is 0 Å². The largest absolute Gasteiger partial charge is 0.446 e. The van der Waals surface area contributed by atoms with Gasteiger partial charge >= 0.3 is 0 Å². The molecular weight excluding hydrogens is 645 g/mol. The molecule has 0 fully saturated rings. The molecule has 4 heterocycles. The highest BCUT2D eigenvalue weighted by Gasteiger charge is 2.30. The van der Waals surface area contributed by atoms with E-state index in [0.29, 0.717) is 23.2 Å². The lowest BCUT2D eigenvalue weighted by atomic mass is 10.0. The van der Waals surface area contributed by atoms with Crippen LogP contribution in [0.1, 0.15) is 87.2 Å². The van der Waals surface area contributed by atoms with E-state index in [9.17, 15) is 19.2 Å². The minimum atomic E-state index is -0.661. The molecule has 5 aromatic rings. The van der Waals surface area contributed by atoms with Crippen LogP contribution in [0.3, 0.4) is 0 Å². The molecule has 0 radical (unpaired) electrons. The second-order valence-corrected chi connectivity index (χ2v) is 13.5. The molecule has 0 saturated heterocycles. The molecule has 4 amide bonds. The third-order valence-electron chi connectivity index (χ3n) is 8.26. The van der Waals surface area contributed by atoms with Crippen LogP contribution >= 0.6 is 11.3 Å². The van der Waals surface area contributed by atoms with E-state index in [-0.39, 0.29) is 42.0 Å². The lowest BCUT2D eigenvalue weighted by molar-refractivity contribution is -0.122. The number of amides is 4. The summed E-state index contributed by atoms with van der Waals surface area (Å²) < 4.78 is 7.22. The molecule has 2 aromatic carbocycles. The maximum Gasteiger partial charge on any atom is 0.275 e. The number of benzene rings is 2. The number of carbonyl (C=O) groups excluding carboxylic acids is 4. The third-order valence-corrected chi connectivity index (χ3v) is 9.22. The number of nitrogens with zero attached hydrogens (tertiary/aromatic N) is 5. The summed E-state index contributed by atoms with van der Waals surface area (Å²) in [4.78, 5) is 65.3. The highest BCUT2D eigenvalue weighted by atomic mass is 32.1. The van der Waals surface area contributed by atoms with Crippen molar-refractivity contribution in [1.29, 1.82) is 0 Å². The van der Waals surface area contributed by atoms with E-state index >= 15 is 0 Å². The molecule has 0 spiro atoms. The summed E-state index contributed by atoms with van der Waals surface area (Å²) in [7, 11) is 1.76. The van der Waals surface area contributed by atoms with Gasteiger partial charge in [0.15, 0.2) is 11.4 Å². The molecule has 0 aliphatic carbocycles. The summed E-state index contributed by atoms with van der Waals surface area (Å²) in [5.41, 5.74) is 2.12. The van der Waals surface area contributed by atoms with Gasteiger partial charge in [-0.2, -0.15) is 5.10 Å². The molecule has 49 heavy (non-hydrogen) atoms. The Bertz CT molecular complexity index is 1980. The number of rotatable bonds is 5.